The normalized spacial score (nSPS) is 15.2. The number of aromatic nitrogens is 5. The third kappa shape index (κ3) is 3.56. The number of amides is 1. The molecule has 1 N–H and O–H groups in total. The second-order valence-corrected chi connectivity index (χ2v) is 6.13. The van der Waals surface area contributed by atoms with Crippen molar-refractivity contribution in [1.82, 2.24) is 30.0 Å². The summed E-state index contributed by atoms with van der Waals surface area (Å²) in [4.78, 5) is 27.0. The zero-order chi connectivity index (χ0) is 17.8. The van der Waals surface area contributed by atoms with Crippen LogP contribution in [0.5, 0.6) is 0 Å². The molecule has 9 heteroatoms. The van der Waals surface area contributed by atoms with Crippen LogP contribution in [-0.4, -0.2) is 43.7 Å². The van der Waals surface area contributed by atoms with E-state index in [1.54, 1.807) is 17.3 Å². The van der Waals surface area contributed by atoms with Crippen LogP contribution in [0.15, 0.2) is 47.9 Å². The summed E-state index contributed by atoms with van der Waals surface area (Å²) in [6, 6.07) is 5.55. The molecule has 0 unspecified atom stereocenters. The molecule has 0 radical (unpaired) electrons. The first-order valence-electron chi connectivity index (χ1n) is 8.51. The van der Waals surface area contributed by atoms with Crippen molar-refractivity contribution in [1.29, 1.82) is 0 Å². The fraction of sp³-hybridized carbons (Fsp3) is 0.353. The molecule has 3 aromatic heterocycles. The predicted molar refractivity (Wildman–Crippen MR) is 92.4 cm³/mol. The maximum atomic E-state index is 12.3. The monoisotopic (exact) mass is 353 g/mol. The Hall–Kier alpha value is -3.23. The summed E-state index contributed by atoms with van der Waals surface area (Å²) in [5.41, 5.74) is 0. The number of nitrogens with one attached hydrogen (secondary N) is 1. The standard InChI is InChI=1S/C17H19N7O2/c25-17(19-9-14-2-1-7-26-14)13-3-5-23(6-4-13)15-8-16(21-11-20-15)24-12-18-10-22-24/h1-2,7-8,10-13H,3-6,9H2,(H,19,25). The van der Waals surface area contributed by atoms with Gasteiger partial charge in [-0.1, -0.05) is 0 Å². The van der Waals surface area contributed by atoms with Gasteiger partial charge in [-0.05, 0) is 25.0 Å². The molecule has 1 aliphatic rings. The van der Waals surface area contributed by atoms with E-state index in [9.17, 15) is 4.79 Å². The van der Waals surface area contributed by atoms with Crippen molar-refractivity contribution in [3.63, 3.8) is 0 Å². The molecule has 134 valence electrons. The van der Waals surface area contributed by atoms with Crippen LogP contribution in [0.1, 0.15) is 18.6 Å². The Bertz CT molecular complexity index is 840. The second kappa shape index (κ2) is 7.34. The highest BCUT2D eigenvalue weighted by Gasteiger charge is 2.25. The molecule has 1 fully saturated rings. The average Bonchev–Trinajstić information content (AvgIpc) is 3.40. The van der Waals surface area contributed by atoms with Crippen molar-refractivity contribution < 1.29 is 9.21 Å². The largest absolute Gasteiger partial charge is 0.467 e. The number of hydrogen-bond donors (Lipinski definition) is 1. The summed E-state index contributed by atoms with van der Waals surface area (Å²) in [5, 5.41) is 7.03. The van der Waals surface area contributed by atoms with Gasteiger partial charge in [-0.2, -0.15) is 5.10 Å². The van der Waals surface area contributed by atoms with Gasteiger partial charge in [0.2, 0.25) is 5.91 Å². The maximum absolute atomic E-state index is 12.3. The van der Waals surface area contributed by atoms with Crippen LogP contribution < -0.4 is 10.2 Å². The maximum Gasteiger partial charge on any atom is 0.223 e. The van der Waals surface area contributed by atoms with Gasteiger partial charge in [0.05, 0.1) is 12.8 Å². The van der Waals surface area contributed by atoms with Gasteiger partial charge in [0.1, 0.15) is 30.6 Å². The Balaban J connectivity index is 1.33. The third-order valence-electron chi connectivity index (χ3n) is 4.50. The molecule has 0 aliphatic carbocycles. The molecule has 3 aromatic rings. The van der Waals surface area contributed by atoms with Crippen LogP contribution >= 0.6 is 0 Å². The second-order valence-electron chi connectivity index (χ2n) is 6.13. The van der Waals surface area contributed by atoms with Gasteiger partial charge in [0.15, 0.2) is 5.82 Å². The number of furan rings is 1. The number of carbonyl (C=O) groups excluding carboxylic acids is 1. The lowest BCUT2D eigenvalue weighted by Crippen LogP contribution is -2.40. The number of anilines is 1. The predicted octanol–water partition coefficient (Wildman–Crippen LogP) is 1.18. The number of hydrogen-bond acceptors (Lipinski definition) is 7. The first kappa shape index (κ1) is 16.2. The SMILES string of the molecule is O=C(NCc1ccco1)C1CCN(c2cc(-n3cncn3)ncn2)CC1. The zero-order valence-corrected chi connectivity index (χ0v) is 14.2. The van der Waals surface area contributed by atoms with E-state index in [-0.39, 0.29) is 11.8 Å². The highest BCUT2D eigenvalue weighted by Crippen LogP contribution is 2.22. The average molecular weight is 353 g/mol. The van der Waals surface area contributed by atoms with Gasteiger partial charge in [-0.3, -0.25) is 4.79 Å². The van der Waals surface area contributed by atoms with Crippen molar-refractivity contribution in [2.45, 2.75) is 19.4 Å². The van der Waals surface area contributed by atoms with Gasteiger partial charge in [-0.15, -0.1) is 0 Å². The summed E-state index contributed by atoms with van der Waals surface area (Å²) in [7, 11) is 0. The van der Waals surface area contributed by atoms with E-state index >= 15 is 0 Å². The van der Waals surface area contributed by atoms with E-state index in [1.165, 1.54) is 12.7 Å². The summed E-state index contributed by atoms with van der Waals surface area (Å²) in [5.74, 6) is 2.35. The van der Waals surface area contributed by atoms with E-state index in [2.05, 4.69) is 30.3 Å². The first-order valence-corrected chi connectivity index (χ1v) is 8.51. The minimum atomic E-state index is 0.0119. The van der Waals surface area contributed by atoms with E-state index in [0.717, 1.165) is 37.5 Å². The molecular formula is C17H19N7O2. The summed E-state index contributed by atoms with van der Waals surface area (Å²) >= 11 is 0. The Morgan fingerprint density at radius 2 is 2.08 bits per heavy atom. The molecule has 9 nitrogen and oxygen atoms in total. The molecule has 1 saturated heterocycles. The van der Waals surface area contributed by atoms with Gasteiger partial charge < -0.3 is 14.6 Å². The van der Waals surface area contributed by atoms with Crippen LogP contribution in [0, 0.1) is 5.92 Å². The minimum Gasteiger partial charge on any atom is -0.467 e. The van der Waals surface area contributed by atoms with E-state index < -0.39 is 0 Å². The van der Waals surface area contributed by atoms with Crippen LogP contribution in [0.4, 0.5) is 5.82 Å². The zero-order valence-electron chi connectivity index (χ0n) is 14.2. The van der Waals surface area contributed by atoms with E-state index in [4.69, 9.17) is 4.42 Å². The topological polar surface area (TPSA) is 102 Å². The summed E-state index contributed by atoms with van der Waals surface area (Å²) in [6.07, 6.45) is 7.76. The molecule has 26 heavy (non-hydrogen) atoms. The fourth-order valence-electron chi connectivity index (χ4n) is 3.06. The van der Waals surface area contributed by atoms with Crippen molar-refractivity contribution in [2.75, 3.05) is 18.0 Å². The molecular weight excluding hydrogens is 334 g/mol. The first-order chi connectivity index (χ1) is 12.8. The Morgan fingerprint density at radius 3 is 2.81 bits per heavy atom. The lowest BCUT2D eigenvalue weighted by Gasteiger charge is -2.32. The fourth-order valence-corrected chi connectivity index (χ4v) is 3.06. The lowest BCUT2D eigenvalue weighted by atomic mass is 9.96. The smallest absolute Gasteiger partial charge is 0.223 e. The Morgan fingerprint density at radius 1 is 1.23 bits per heavy atom. The van der Waals surface area contributed by atoms with Gasteiger partial charge in [-0.25, -0.2) is 19.6 Å². The third-order valence-corrected chi connectivity index (χ3v) is 4.50. The van der Waals surface area contributed by atoms with Crippen molar-refractivity contribution in [2.24, 2.45) is 5.92 Å². The summed E-state index contributed by atoms with van der Waals surface area (Å²) < 4.78 is 6.84. The van der Waals surface area contributed by atoms with E-state index in [1.807, 2.05) is 18.2 Å². The van der Waals surface area contributed by atoms with E-state index in [0.29, 0.717) is 12.4 Å². The quantitative estimate of drug-likeness (QED) is 0.735. The van der Waals surface area contributed by atoms with Gasteiger partial charge in [0, 0.05) is 25.1 Å². The van der Waals surface area contributed by atoms with Crippen LogP contribution in [-0.2, 0) is 11.3 Å². The molecule has 0 atom stereocenters. The summed E-state index contributed by atoms with van der Waals surface area (Å²) in [6.45, 7) is 1.97. The lowest BCUT2D eigenvalue weighted by molar-refractivity contribution is -0.125. The van der Waals surface area contributed by atoms with Gasteiger partial charge in [0.25, 0.3) is 0 Å². The minimum absolute atomic E-state index is 0.0119. The molecule has 0 saturated carbocycles. The van der Waals surface area contributed by atoms with Crippen LogP contribution in [0.25, 0.3) is 5.82 Å². The Kier molecular flexibility index (Phi) is 4.59. The van der Waals surface area contributed by atoms with Crippen LogP contribution in [0.2, 0.25) is 0 Å². The molecule has 0 spiro atoms. The highest BCUT2D eigenvalue weighted by molar-refractivity contribution is 5.78. The molecule has 0 bridgehead atoms. The number of rotatable bonds is 5. The van der Waals surface area contributed by atoms with Crippen molar-refractivity contribution >= 4 is 11.7 Å². The molecule has 1 aliphatic heterocycles. The highest BCUT2D eigenvalue weighted by atomic mass is 16.3. The number of carbonyl (C=O) groups is 1. The van der Waals surface area contributed by atoms with Crippen molar-refractivity contribution in [3.8, 4) is 5.82 Å². The number of piperidine rings is 1. The van der Waals surface area contributed by atoms with Gasteiger partial charge >= 0.3 is 0 Å². The van der Waals surface area contributed by atoms with Crippen LogP contribution in [0.3, 0.4) is 0 Å². The number of nitrogens with zero attached hydrogens (tertiary/aromatic N) is 6. The van der Waals surface area contributed by atoms with Crippen molar-refractivity contribution in [3.05, 3.63) is 49.2 Å². The molecule has 4 heterocycles. The molecule has 1 amide bonds. The molecule has 0 aromatic carbocycles. The Labute approximate surface area is 150 Å². The molecule has 4 rings (SSSR count).